The van der Waals surface area contributed by atoms with Crippen LogP contribution in [-0.2, 0) is 10.0 Å². The number of hydrogen-bond donors (Lipinski definition) is 1. The first kappa shape index (κ1) is 15.5. The molecule has 122 valence electrons. The minimum absolute atomic E-state index is 0.0751. The van der Waals surface area contributed by atoms with Crippen LogP contribution >= 0.6 is 0 Å². The SMILES string of the molecule is COc1ccccc1S(=O)(=O)Nc1cnc(N2CCCC2)nc1. The fraction of sp³-hybridized carbons (Fsp3) is 0.333. The summed E-state index contributed by atoms with van der Waals surface area (Å²) in [6, 6.07) is 6.44. The van der Waals surface area contributed by atoms with E-state index in [0.29, 0.717) is 11.6 Å². The quantitative estimate of drug-likeness (QED) is 0.899. The molecular formula is C15H18N4O3S. The highest BCUT2D eigenvalue weighted by molar-refractivity contribution is 7.92. The third kappa shape index (κ3) is 3.37. The minimum atomic E-state index is -3.76. The van der Waals surface area contributed by atoms with E-state index in [2.05, 4.69) is 19.6 Å². The van der Waals surface area contributed by atoms with Crippen molar-refractivity contribution in [2.45, 2.75) is 17.7 Å². The van der Waals surface area contributed by atoms with Crippen molar-refractivity contribution in [3.63, 3.8) is 0 Å². The Balaban J connectivity index is 1.80. The number of rotatable bonds is 5. The Hall–Kier alpha value is -2.35. The van der Waals surface area contributed by atoms with Crippen molar-refractivity contribution < 1.29 is 13.2 Å². The molecule has 2 aromatic rings. The van der Waals surface area contributed by atoms with E-state index in [1.54, 1.807) is 18.2 Å². The summed E-state index contributed by atoms with van der Waals surface area (Å²) in [6.45, 7) is 1.87. The zero-order valence-electron chi connectivity index (χ0n) is 12.8. The van der Waals surface area contributed by atoms with Crippen LogP contribution < -0.4 is 14.4 Å². The van der Waals surface area contributed by atoms with Crippen LogP contribution in [0.1, 0.15) is 12.8 Å². The molecule has 1 fully saturated rings. The Morgan fingerprint density at radius 3 is 2.43 bits per heavy atom. The van der Waals surface area contributed by atoms with Crippen LogP contribution in [0.3, 0.4) is 0 Å². The van der Waals surface area contributed by atoms with E-state index >= 15 is 0 Å². The minimum Gasteiger partial charge on any atom is -0.495 e. The Morgan fingerprint density at radius 2 is 1.78 bits per heavy atom. The van der Waals surface area contributed by atoms with Gasteiger partial charge >= 0.3 is 0 Å². The number of aromatic nitrogens is 2. The van der Waals surface area contributed by atoms with Crippen molar-refractivity contribution in [1.82, 2.24) is 9.97 Å². The van der Waals surface area contributed by atoms with E-state index in [0.717, 1.165) is 25.9 Å². The van der Waals surface area contributed by atoms with E-state index in [1.165, 1.54) is 25.6 Å². The van der Waals surface area contributed by atoms with E-state index in [4.69, 9.17) is 4.74 Å². The summed E-state index contributed by atoms with van der Waals surface area (Å²) in [5.74, 6) is 0.914. The number of sulfonamides is 1. The maximum Gasteiger partial charge on any atom is 0.265 e. The summed E-state index contributed by atoms with van der Waals surface area (Å²) in [7, 11) is -2.32. The Morgan fingerprint density at radius 1 is 1.13 bits per heavy atom. The van der Waals surface area contributed by atoms with Gasteiger partial charge in [0.05, 0.1) is 25.2 Å². The number of nitrogens with one attached hydrogen (secondary N) is 1. The first-order chi connectivity index (χ1) is 11.1. The largest absolute Gasteiger partial charge is 0.495 e. The van der Waals surface area contributed by atoms with Gasteiger partial charge in [0.15, 0.2) is 0 Å². The molecule has 1 aliphatic rings. The van der Waals surface area contributed by atoms with Crippen LogP contribution in [0.15, 0.2) is 41.6 Å². The molecule has 23 heavy (non-hydrogen) atoms. The molecule has 8 heteroatoms. The Labute approximate surface area is 135 Å². The number of para-hydroxylation sites is 1. The van der Waals surface area contributed by atoms with E-state index in [-0.39, 0.29) is 10.6 Å². The highest BCUT2D eigenvalue weighted by Gasteiger charge is 2.20. The molecular weight excluding hydrogens is 316 g/mol. The summed E-state index contributed by atoms with van der Waals surface area (Å²) in [5, 5.41) is 0. The van der Waals surface area contributed by atoms with Crippen molar-refractivity contribution in [1.29, 1.82) is 0 Å². The number of nitrogens with zero attached hydrogens (tertiary/aromatic N) is 3. The third-order valence-corrected chi connectivity index (χ3v) is 5.06. The molecule has 1 aromatic heterocycles. The van der Waals surface area contributed by atoms with Gasteiger partial charge in [-0.1, -0.05) is 12.1 Å². The number of methoxy groups -OCH3 is 1. The second kappa shape index (κ2) is 6.41. The number of hydrogen-bond acceptors (Lipinski definition) is 6. The summed E-state index contributed by atoms with van der Waals surface area (Å²) in [6.07, 6.45) is 5.22. The fourth-order valence-electron chi connectivity index (χ4n) is 2.51. The van der Waals surface area contributed by atoms with E-state index in [9.17, 15) is 8.42 Å². The zero-order chi connectivity index (χ0) is 16.3. The lowest BCUT2D eigenvalue weighted by molar-refractivity contribution is 0.403. The molecule has 0 radical (unpaired) electrons. The summed E-state index contributed by atoms with van der Waals surface area (Å²) in [4.78, 5) is 10.6. The van der Waals surface area contributed by atoms with Crippen LogP contribution in [0.5, 0.6) is 5.75 Å². The van der Waals surface area contributed by atoms with Crippen LogP contribution in [0, 0.1) is 0 Å². The summed E-state index contributed by atoms with van der Waals surface area (Å²) in [5.41, 5.74) is 0.318. The van der Waals surface area contributed by atoms with Crippen LogP contribution in [0.4, 0.5) is 11.6 Å². The smallest absolute Gasteiger partial charge is 0.265 e. The second-order valence-corrected chi connectivity index (χ2v) is 6.87. The highest BCUT2D eigenvalue weighted by atomic mass is 32.2. The fourth-order valence-corrected chi connectivity index (χ4v) is 3.70. The van der Waals surface area contributed by atoms with Crippen molar-refractivity contribution >= 4 is 21.7 Å². The van der Waals surface area contributed by atoms with Gasteiger partial charge in [-0.15, -0.1) is 0 Å². The molecule has 1 aromatic carbocycles. The first-order valence-electron chi connectivity index (χ1n) is 7.33. The number of ether oxygens (including phenoxy) is 1. The van der Waals surface area contributed by atoms with Gasteiger partial charge in [-0.2, -0.15) is 0 Å². The maximum absolute atomic E-state index is 12.5. The molecule has 3 rings (SSSR count). The van der Waals surface area contributed by atoms with Gasteiger partial charge in [0, 0.05) is 13.1 Å². The average molecular weight is 334 g/mol. The zero-order valence-corrected chi connectivity index (χ0v) is 13.6. The molecule has 0 amide bonds. The second-order valence-electron chi connectivity index (χ2n) is 5.22. The van der Waals surface area contributed by atoms with Gasteiger partial charge in [0.2, 0.25) is 5.95 Å². The maximum atomic E-state index is 12.5. The Bertz CT molecular complexity index is 772. The molecule has 0 atom stereocenters. The van der Waals surface area contributed by atoms with Gasteiger partial charge < -0.3 is 9.64 Å². The number of anilines is 2. The standard InChI is InChI=1S/C15H18N4O3S/c1-22-13-6-2-3-7-14(13)23(20,21)18-12-10-16-15(17-11-12)19-8-4-5-9-19/h2-3,6-7,10-11,18H,4-5,8-9H2,1H3. The van der Waals surface area contributed by atoms with Gasteiger partial charge in [-0.25, -0.2) is 18.4 Å². The van der Waals surface area contributed by atoms with Gasteiger partial charge in [-0.3, -0.25) is 4.72 Å². The molecule has 0 spiro atoms. The lowest BCUT2D eigenvalue weighted by atomic mass is 10.3. The van der Waals surface area contributed by atoms with Crippen molar-refractivity contribution in [3.8, 4) is 5.75 Å². The lowest BCUT2D eigenvalue weighted by Crippen LogP contribution is -2.20. The molecule has 7 nitrogen and oxygen atoms in total. The molecule has 0 unspecified atom stereocenters. The summed E-state index contributed by atoms with van der Waals surface area (Å²) >= 11 is 0. The van der Waals surface area contributed by atoms with Crippen molar-refractivity contribution in [3.05, 3.63) is 36.7 Å². The van der Waals surface area contributed by atoms with Crippen LogP contribution in [0.25, 0.3) is 0 Å². The first-order valence-corrected chi connectivity index (χ1v) is 8.81. The average Bonchev–Trinajstić information content (AvgIpc) is 3.09. The molecule has 0 saturated carbocycles. The molecule has 1 aliphatic heterocycles. The summed E-state index contributed by atoms with van der Waals surface area (Å²) < 4.78 is 32.5. The van der Waals surface area contributed by atoms with Crippen molar-refractivity contribution in [2.75, 3.05) is 29.8 Å². The molecule has 1 saturated heterocycles. The Kier molecular flexibility index (Phi) is 4.33. The topological polar surface area (TPSA) is 84.4 Å². The predicted octanol–water partition coefficient (Wildman–Crippen LogP) is 1.89. The predicted molar refractivity (Wildman–Crippen MR) is 87.3 cm³/mol. The van der Waals surface area contributed by atoms with Gasteiger partial charge in [0.1, 0.15) is 10.6 Å². The van der Waals surface area contributed by atoms with E-state index in [1.807, 2.05) is 0 Å². The molecule has 1 N–H and O–H groups in total. The van der Waals surface area contributed by atoms with Crippen molar-refractivity contribution in [2.24, 2.45) is 0 Å². The number of benzene rings is 1. The van der Waals surface area contributed by atoms with Gasteiger partial charge in [0.25, 0.3) is 10.0 Å². The van der Waals surface area contributed by atoms with Crippen LogP contribution in [-0.4, -0.2) is 38.6 Å². The highest BCUT2D eigenvalue weighted by Crippen LogP contribution is 2.25. The third-order valence-electron chi connectivity index (χ3n) is 3.64. The molecule has 0 bridgehead atoms. The van der Waals surface area contributed by atoms with Gasteiger partial charge in [-0.05, 0) is 25.0 Å². The molecule has 2 heterocycles. The monoisotopic (exact) mass is 334 g/mol. The molecule has 0 aliphatic carbocycles. The van der Waals surface area contributed by atoms with Crippen LogP contribution in [0.2, 0.25) is 0 Å². The lowest BCUT2D eigenvalue weighted by Gasteiger charge is -2.15. The van der Waals surface area contributed by atoms with E-state index < -0.39 is 10.0 Å². The normalized spacial score (nSPS) is 14.7.